The number of ether oxygens (including phenoxy) is 1. The van der Waals surface area contributed by atoms with E-state index in [1.165, 1.54) is 51.4 Å². The van der Waals surface area contributed by atoms with Gasteiger partial charge in [-0.05, 0) is 110 Å². The SMILES string of the molecule is COC(=O)[C@]12CCCC1C1CCC3[C@@](C)(CCC4C(C)(C)[C@@H](O)CC[C@@]43C)C1CC2. The predicted molar refractivity (Wildman–Crippen MR) is 119 cm³/mol. The van der Waals surface area contributed by atoms with E-state index in [9.17, 15) is 9.90 Å². The minimum atomic E-state index is -0.169. The van der Waals surface area contributed by atoms with Gasteiger partial charge in [-0.1, -0.05) is 34.1 Å². The maximum absolute atomic E-state index is 12.9. The van der Waals surface area contributed by atoms with Gasteiger partial charge in [-0.15, -0.1) is 0 Å². The van der Waals surface area contributed by atoms with Crippen molar-refractivity contribution in [2.24, 2.45) is 51.2 Å². The second-order valence-electron chi connectivity index (χ2n) is 13.1. The van der Waals surface area contributed by atoms with E-state index in [1.54, 1.807) is 7.11 Å². The van der Waals surface area contributed by atoms with E-state index in [-0.39, 0.29) is 22.9 Å². The number of aliphatic hydroxyl groups excluding tert-OH is 1. The van der Waals surface area contributed by atoms with Gasteiger partial charge in [0, 0.05) is 0 Å². The van der Waals surface area contributed by atoms with Crippen LogP contribution < -0.4 is 0 Å². The fourth-order valence-corrected chi connectivity index (χ4v) is 10.8. The Morgan fingerprint density at radius 1 is 0.800 bits per heavy atom. The Morgan fingerprint density at radius 3 is 2.27 bits per heavy atom. The molecule has 5 fully saturated rings. The second kappa shape index (κ2) is 6.72. The summed E-state index contributed by atoms with van der Waals surface area (Å²) in [5, 5.41) is 10.8. The van der Waals surface area contributed by atoms with E-state index in [0.29, 0.717) is 28.6 Å². The molecule has 170 valence electrons. The molecule has 5 rings (SSSR count). The van der Waals surface area contributed by atoms with E-state index >= 15 is 0 Å². The van der Waals surface area contributed by atoms with E-state index in [0.717, 1.165) is 31.1 Å². The first kappa shape index (κ1) is 21.3. The summed E-state index contributed by atoms with van der Waals surface area (Å²) in [7, 11) is 1.60. The topological polar surface area (TPSA) is 46.5 Å². The molecule has 0 aromatic heterocycles. The fourth-order valence-electron chi connectivity index (χ4n) is 10.8. The molecule has 0 amide bonds. The molecule has 3 heteroatoms. The summed E-state index contributed by atoms with van der Waals surface area (Å²) in [6.45, 7) is 9.88. The van der Waals surface area contributed by atoms with E-state index in [4.69, 9.17) is 4.74 Å². The summed E-state index contributed by atoms with van der Waals surface area (Å²) < 4.78 is 5.36. The van der Waals surface area contributed by atoms with E-state index in [2.05, 4.69) is 27.7 Å². The van der Waals surface area contributed by atoms with E-state index < -0.39 is 0 Å². The Morgan fingerprint density at radius 2 is 1.53 bits per heavy atom. The van der Waals surface area contributed by atoms with Gasteiger partial charge >= 0.3 is 5.97 Å². The van der Waals surface area contributed by atoms with Gasteiger partial charge in [-0.2, -0.15) is 0 Å². The van der Waals surface area contributed by atoms with Crippen LogP contribution in [0.2, 0.25) is 0 Å². The first-order chi connectivity index (χ1) is 14.1. The number of aliphatic hydroxyl groups is 1. The third-order valence-corrected chi connectivity index (χ3v) is 12.1. The van der Waals surface area contributed by atoms with Gasteiger partial charge in [0.2, 0.25) is 0 Å². The molecule has 0 bridgehead atoms. The molecule has 5 aliphatic rings. The van der Waals surface area contributed by atoms with Gasteiger partial charge in [-0.25, -0.2) is 0 Å². The Labute approximate surface area is 183 Å². The summed E-state index contributed by atoms with van der Waals surface area (Å²) in [5.74, 6) is 3.52. The second-order valence-corrected chi connectivity index (χ2v) is 13.1. The van der Waals surface area contributed by atoms with Crippen molar-refractivity contribution in [2.45, 2.75) is 104 Å². The molecule has 0 aliphatic heterocycles. The number of rotatable bonds is 1. The van der Waals surface area contributed by atoms with Gasteiger partial charge in [0.05, 0.1) is 18.6 Å². The molecule has 0 saturated heterocycles. The largest absolute Gasteiger partial charge is 0.469 e. The average molecular weight is 417 g/mol. The Kier molecular flexibility index (Phi) is 4.77. The minimum absolute atomic E-state index is 0.0310. The highest BCUT2D eigenvalue weighted by Crippen LogP contribution is 2.73. The highest BCUT2D eigenvalue weighted by molar-refractivity contribution is 5.77. The first-order valence-corrected chi connectivity index (χ1v) is 12.9. The number of esters is 1. The zero-order chi connectivity index (χ0) is 21.5. The molecule has 0 aromatic rings. The molecule has 0 heterocycles. The molecule has 5 saturated carbocycles. The van der Waals surface area contributed by atoms with Gasteiger partial charge in [0.25, 0.3) is 0 Å². The summed E-state index contributed by atoms with van der Waals surface area (Å²) >= 11 is 0. The number of fused-ring (bicyclic) bond motifs is 7. The van der Waals surface area contributed by atoms with Gasteiger partial charge < -0.3 is 9.84 Å². The number of carbonyl (C=O) groups excluding carboxylic acids is 1. The molecule has 0 aromatic carbocycles. The van der Waals surface area contributed by atoms with Crippen LogP contribution in [-0.2, 0) is 9.53 Å². The lowest BCUT2D eigenvalue weighted by molar-refractivity contribution is -0.216. The van der Waals surface area contributed by atoms with Crippen LogP contribution in [0.15, 0.2) is 0 Å². The monoisotopic (exact) mass is 416 g/mol. The molecule has 0 radical (unpaired) electrons. The third kappa shape index (κ3) is 2.51. The maximum atomic E-state index is 12.9. The van der Waals surface area contributed by atoms with Gasteiger partial charge in [0.1, 0.15) is 0 Å². The lowest BCUT2D eigenvalue weighted by atomic mass is 9.36. The van der Waals surface area contributed by atoms with Crippen molar-refractivity contribution in [2.75, 3.05) is 7.11 Å². The normalized spacial score (nSPS) is 54.3. The Hall–Kier alpha value is -0.570. The van der Waals surface area contributed by atoms with Crippen molar-refractivity contribution in [3.63, 3.8) is 0 Å². The average Bonchev–Trinajstić information content (AvgIpc) is 3.16. The van der Waals surface area contributed by atoms with Crippen LogP contribution in [0.3, 0.4) is 0 Å². The van der Waals surface area contributed by atoms with Gasteiger partial charge in [-0.3, -0.25) is 4.79 Å². The van der Waals surface area contributed by atoms with Crippen molar-refractivity contribution in [3.8, 4) is 0 Å². The fraction of sp³-hybridized carbons (Fsp3) is 0.963. The number of hydrogen-bond donors (Lipinski definition) is 1. The first-order valence-electron chi connectivity index (χ1n) is 12.9. The number of carbonyl (C=O) groups is 1. The molecule has 5 aliphatic carbocycles. The zero-order valence-electron chi connectivity index (χ0n) is 20.0. The number of methoxy groups -OCH3 is 1. The molecule has 5 unspecified atom stereocenters. The predicted octanol–water partition coefficient (Wildman–Crippen LogP) is 5.99. The van der Waals surface area contributed by atoms with Crippen molar-refractivity contribution < 1.29 is 14.6 Å². The molecular formula is C27H44O3. The van der Waals surface area contributed by atoms with Crippen LogP contribution in [0.25, 0.3) is 0 Å². The molecular weight excluding hydrogens is 372 g/mol. The number of hydrogen-bond acceptors (Lipinski definition) is 3. The summed E-state index contributed by atoms with van der Waals surface area (Å²) in [5.41, 5.74) is 0.616. The summed E-state index contributed by atoms with van der Waals surface area (Å²) in [6, 6.07) is 0. The Bertz CT molecular complexity index is 715. The highest BCUT2D eigenvalue weighted by Gasteiger charge is 2.67. The third-order valence-electron chi connectivity index (χ3n) is 12.1. The lowest BCUT2D eigenvalue weighted by Crippen LogP contribution is -2.63. The van der Waals surface area contributed by atoms with Crippen molar-refractivity contribution in [3.05, 3.63) is 0 Å². The van der Waals surface area contributed by atoms with Crippen molar-refractivity contribution >= 4 is 5.97 Å². The Balaban J connectivity index is 1.47. The molecule has 1 N–H and O–H groups in total. The quantitative estimate of drug-likeness (QED) is 0.534. The highest BCUT2D eigenvalue weighted by atomic mass is 16.5. The molecule has 3 nitrogen and oxygen atoms in total. The van der Waals surface area contributed by atoms with Crippen LogP contribution in [0.5, 0.6) is 0 Å². The maximum Gasteiger partial charge on any atom is 0.312 e. The summed E-state index contributed by atoms with van der Waals surface area (Å²) in [6.07, 6.45) is 13.0. The van der Waals surface area contributed by atoms with Crippen LogP contribution in [0.4, 0.5) is 0 Å². The van der Waals surface area contributed by atoms with Crippen molar-refractivity contribution in [1.29, 1.82) is 0 Å². The minimum Gasteiger partial charge on any atom is -0.469 e. The smallest absolute Gasteiger partial charge is 0.312 e. The lowest BCUT2D eigenvalue weighted by Gasteiger charge is -2.69. The van der Waals surface area contributed by atoms with Crippen LogP contribution in [0.1, 0.15) is 98.3 Å². The van der Waals surface area contributed by atoms with Crippen LogP contribution >= 0.6 is 0 Å². The molecule has 30 heavy (non-hydrogen) atoms. The molecule has 9 atom stereocenters. The van der Waals surface area contributed by atoms with E-state index in [1.807, 2.05) is 0 Å². The molecule has 0 spiro atoms. The zero-order valence-corrected chi connectivity index (χ0v) is 20.0. The van der Waals surface area contributed by atoms with Crippen LogP contribution in [0, 0.1) is 51.2 Å². The summed E-state index contributed by atoms with van der Waals surface area (Å²) in [4.78, 5) is 12.9. The van der Waals surface area contributed by atoms with Crippen molar-refractivity contribution in [1.82, 2.24) is 0 Å². The standard InChI is InChI=1S/C27H44O3/c1-24(2)20-11-14-25(3)18-10-16-27(23(29)30-5)13-6-7-19(27)17(18)8-9-21(25)26(20,4)15-12-22(24)28/h17-22,28H,6-16H2,1-5H3/t17?,18?,19?,20?,21?,22-,25-,26-,27-/m0/s1. The van der Waals surface area contributed by atoms with Gasteiger partial charge in [0.15, 0.2) is 0 Å². The van der Waals surface area contributed by atoms with Crippen LogP contribution in [-0.4, -0.2) is 24.3 Å².